The van der Waals surface area contributed by atoms with Crippen molar-refractivity contribution in [1.29, 1.82) is 0 Å². The smallest absolute Gasteiger partial charge is 0.120 e. The number of hydrogen-bond donors (Lipinski definition) is 1. The predicted molar refractivity (Wildman–Crippen MR) is 84.5 cm³/mol. The molecule has 1 unspecified atom stereocenters. The van der Waals surface area contributed by atoms with Crippen molar-refractivity contribution in [2.24, 2.45) is 5.73 Å². The fourth-order valence-electron chi connectivity index (χ4n) is 2.59. The summed E-state index contributed by atoms with van der Waals surface area (Å²) in [6, 6.07) is 8.67. The molecule has 1 aliphatic rings. The second kappa shape index (κ2) is 7.50. The molecule has 0 spiro atoms. The van der Waals surface area contributed by atoms with Crippen LogP contribution >= 0.6 is 0 Å². The van der Waals surface area contributed by atoms with Gasteiger partial charge in [0.2, 0.25) is 0 Å². The van der Waals surface area contributed by atoms with Crippen LogP contribution in [0.15, 0.2) is 24.3 Å². The molecule has 0 saturated carbocycles. The van der Waals surface area contributed by atoms with Gasteiger partial charge in [-0.1, -0.05) is 13.0 Å². The van der Waals surface area contributed by atoms with Crippen LogP contribution in [0.25, 0.3) is 0 Å². The maximum Gasteiger partial charge on any atom is 0.120 e. The highest BCUT2D eigenvalue weighted by molar-refractivity contribution is 5.51. The number of anilines is 1. The molecule has 0 aromatic heterocycles. The third-order valence-electron chi connectivity index (χ3n) is 4.13. The third kappa shape index (κ3) is 4.12. The molecule has 0 bridgehead atoms. The zero-order chi connectivity index (χ0) is 14.4. The first kappa shape index (κ1) is 15.1. The molecule has 1 aliphatic heterocycles. The van der Waals surface area contributed by atoms with Crippen LogP contribution in [-0.4, -0.2) is 50.8 Å². The SMILES string of the molecule is CCC(N)CCN1CCN(c2cccc(OC)c2)CC1. The minimum absolute atomic E-state index is 0.353. The fourth-order valence-corrected chi connectivity index (χ4v) is 2.59. The van der Waals surface area contributed by atoms with Gasteiger partial charge in [-0.15, -0.1) is 0 Å². The van der Waals surface area contributed by atoms with Crippen molar-refractivity contribution >= 4 is 5.69 Å². The van der Waals surface area contributed by atoms with E-state index in [2.05, 4.69) is 34.9 Å². The highest BCUT2D eigenvalue weighted by Crippen LogP contribution is 2.22. The molecule has 1 aromatic carbocycles. The molecule has 1 heterocycles. The van der Waals surface area contributed by atoms with Gasteiger partial charge in [0.25, 0.3) is 0 Å². The molecule has 1 fully saturated rings. The molecule has 1 atom stereocenters. The second-order valence-electron chi connectivity index (χ2n) is 5.49. The Morgan fingerprint density at radius 3 is 2.65 bits per heavy atom. The number of nitrogens with two attached hydrogens (primary N) is 1. The molecule has 4 heteroatoms. The van der Waals surface area contributed by atoms with Crippen LogP contribution in [0.1, 0.15) is 19.8 Å². The lowest BCUT2D eigenvalue weighted by atomic mass is 10.1. The fraction of sp³-hybridized carbons (Fsp3) is 0.625. The van der Waals surface area contributed by atoms with Gasteiger partial charge in [-0.3, -0.25) is 4.90 Å². The monoisotopic (exact) mass is 277 g/mol. The molecule has 0 aliphatic carbocycles. The van der Waals surface area contributed by atoms with Crippen molar-refractivity contribution in [3.8, 4) is 5.75 Å². The number of rotatable bonds is 6. The van der Waals surface area contributed by atoms with Crippen LogP contribution in [0.5, 0.6) is 5.75 Å². The Hall–Kier alpha value is -1.26. The minimum Gasteiger partial charge on any atom is -0.497 e. The van der Waals surface area contributed by atoms with Crippen molar-refractivity contribution < 1.29 is 4.74 Å². The van der Waals surface area contributed by atoms with Crippen LogP contribution in [0.4, 0.5) is 5.69 Å². The second-order valence-corrected chi connectivity index (χ2v) is 5.49. The van der Waals surface area contributed by atoms with Gasteiger partial charge in [-0.2, -0.15) is 0 Å². The molecule has 20 heavy (non-hydrogen) atoms. The summed E-state index contributed by atoms with van der Waals surface area (Å²) >= 11 is 0. The average molecular weight is 277 g/mol. The van der Waals surface area contributed by atoms with E-state index in [4.69, 9.17) is 10.5 Å². The van der Waals surface area contributed by atoms with Gasteiger partial charge in [0.15, 0.2) is 0 Å². The Balaban J connectivity index is 1.81. The van der Waals surface area contributed by atoms with Gasteiger partial charge in [-0.25, -0.2) is 0 Å². The normalized spacial score (nSPS) is 18.1. The molecule has 1 saturated heterocycles. The molecule has 2 rings (SSSR count). The first-order valence-corrected chi connectivity index (χ1v) is 7.60. The van der Waals surface area contributed by atoms with E-state index in [0.717, 1.165) is 51.3 Å². The van der Waals surface area contributed by atoms with Crippen molar-refractivity contribution in [2.45, 2.75) is 25.8 Å². The zero-order valence-electron chi connectivity index (χ0n) is 12.7. The molecule has 4 nitrogen and oxygen atoms in total. The van der Waals surface area contributed by atoms with Gasteiger partial charge in [0.05, 0.1) is 7.11 Å². The summed E-state index contributed by atoms with van der Waals surface area (Å²) in [5, 5.41) is 0. The lowest BCUT2D eigenvalue weighted by molar-refractivity contribution is 0.247. The van der Waals surface area contributed by atoms with E-state index < -0.39 is 0 Å². The predicted octanol–water partition coefficient (Wildman–Crippen LogP) is 1.94. The van der Waals surface area contributed by atoms with E-state index in [0.29, 0.717) is 6.04 Å². The Morgan fingerprint density at radius 1 is 1.25 bits per heavy atom. The lowest BCUT2D eigenvalue weighted by Crippen LogP contribution is -2.47. The number of hydrogen-bond acceptors (Lipinski definition) is 4. The highest BCUT2D eigenvalue weighted by atomic mass is 16.5. The summed E-state index contributed by atoms with van der Waals surface area (Å²) in [5.41, 5.74) is 7.25. The lowest BCUT2D eigenvalue weighted by Gasteiger charge is -2.36. The van der Waals surface area contributed by atoms with Gasteiger partial charge < -0.3 is 15.4 Å². The van der Waals surface area contributed by atoms with Gasteiger partial charge in [-0.05, 0) is 31.5 Å². The molecule has 112 valence electrons. The minimum atomic E-state index is 0.353. The molecule has 0 radical (unpaired) electrons. The maximum absolute atomic E-state index is 5.99. The third-order valence-corrected chi connectivity index (χ3v) is 4.13. The number of benzene rings is 1. The number of methoxy groups -OCH3 is 1. The first-order chi connectivity index (χ1) is 9.72. The topological polar surface area (TPSA) is 41.7 Å². The van der Waals surface area contributed by atoms with Crippen LogP contribution in [-0.2, 0) is 0 Å². The van der Waals surface area contributed by atoms with Crippen LogP contribution < -0.4 is 15.4 Å². The van der Waals surface area contributed by atoms with E-state index in [1.807, 2.05) is 6.07 Å². The maximum atomic E-state index is 5.99. The average Bonchev–Trinajstić information content (AvgIpc) is 2.53. The summed E-state index contributed by atoms with van der Waals surface area (Å²) in [6.45, 7) is 7.68. The summed E-state index contributed by atoms with van der Waals surface area (Å²) in [6.07, 6.45) is 2.18. The zero-order valence-corrected chi connectivity index (χ0v) is 12.7. The Bertz CT molecular complexity index is 402. The Morgan fingerprint density at radius 2 is 2.00 bits per heavy atom. The van der Waals surface area contributed by atoms with Crippen LogP contribution in [0, 0.1) is 0 Å². The van der Waals surface area contributed by atoms with E-state index in [1.54, 1.807) is 7.11 Å². The standard InChI is InChI=1S/C16H27N3O/c1-3-14(17)7-8-18-9-11-19(12-10-18)15-5-4-6-16(13-15)20-2/h4-6,13-14H,3,7-12,17H2,1-2H3. The van der Waals surface area contributed by atoms with Crippen LogP contribution in [0.3, 0.4) is 0 Å². The van der Waals surface area contributed by atoms with Gasteiger partial charge in [0.1, 0.15) is 5.75 Å². The number of nitrogens with zero attached hydrogens (tertiary/aromatic N) is 2. The van der Waals surface area contributed by atoms with Crippen LogP contribution in [0.2, 0.25) is 0 Å². The van der Waals surface area contributed by atoms with Crippen molar-refractivity contribution in [1.82, 2.24) is 4.90 Å². The Kier molecular flexibility index (Phi) is 5.68. The largest absolute Gasteiger partial charge is 0.497 e. The van der Waals surface area contributed by atoms with E-state index >= 15 is 0 Å². The number of ether oxygens (including phenoxy) is 1. The summed E-state index contributed by atoms with van der Waals surface area (Å²) in [7, 11) is 1.72. The van der Waals surface area contributed by atoms with Crippen molar-refractivity contribution in [3.05, 3.63) is 24.3 Å². The molecular formula is C16H27N3O. The van der Waals surface area contributed by atoms with E-state index in [-0.39, 0.29) is 0 Å². The quantitative estimate of drug-likeness (QED) is 0.863. The summed E-state index contributed by atoms with van der Waals surface area (Å²) in [5.74, 6) is 0.929. The van der Waals surface area contributed by atoms with E-state index in [9.17, 15) is 0 Å². The summed E-state index contributed by atoms with van der Waals surface area (Å²) < 4.78 is 5.29. The summed E-state index contributed by atoms with van der Waals surface area (Å²) in [4.78, 5) is 4.95. The highest BCUT2D eigenvalue weighted by Gasteiger charge is 2.17. The van der Waals surface area contributed by atoms with Gasteiger partial charge >= 0.3 is 0 Å². The van der Waals surface area contributed by atoms with Crippen molar-refractivity contribution in [3.63, 3.8) is 0 Å². The molecular weight excluding hydrogens is 250 g/mol. The van der Waals surface area contributed by atoms with E-state index in [1.165, 1.54) is 5.69 Å². The molecule has 0 amide bonds. The van der Waals surface area contributed by atoms with Gasteiger partial charge in [0, 0.05) is 44.0 Å². The van der Waals surface area contributed by atoms with Crippen molar-refractivity contribution in [2.75, 3.05) is 44.7 Å². The molecule has 2 N–H and O–H groups in total. The molecule has 1 aromatic rings. The first-order valence-electron chi connectivity index (χ1n) is 7.60. The number of piperazine rings is 1. The Labute approximate surface area is 122 Å².